The maximum atomic E-state index is 7.38. The molecule has 1 rings (SSSR count). The van der Waals surface area contributed by atoms with Crippen molar-refractivity contribution in [3.05, 3.63) is 0 Å². The number of hydrogen-bond acceptors (Lipinski definition) is 2. The molecule has 1 atom stereocenters. The average molecular weight is 158 g/mol. The van der Waals surface area contributed by atoms with Crippen molar-refractivity contribution in [3.63, 3.8) is 0 Å². The predicted octanol–water partition coefficient (Wildman–Crippen LogP) is 1.42. The number of nitrogens with zero attached hydrogens (tertiary/aromatic N) is 1. The van der Waals surface area contributed by atoms with E-state index in [2.05, 4.69) is 4.90 Å². The molecular weight excluding hydrogens is 144 g/mol. The van der Waals surface area contributed by atoms with Crippen molar-refractivity contribution in [2.45, 2.75) is 19.4 Å². The van der Waals surface area contributed by atoms with Crippen molar-refractivity contribution < 1.29 is 0 Å². The van der Waals surface area contributed by atoms with Gasteiger partial charge in [0.1, 0.15) is 0 Å². The van der Waals surface area contributed by atoms with Crippen LogP contribution in [-0.4, -0.2) is 35.3 Å². The Labute approximate surface area is 66.5 Å². The summed E-state index contributed by atoms with van der Waals surface area (Å²) in [4.78, 5) is 2.07. The smallest absolute Gasteiger partial charge is 0.0926 e. The lowest BCUT2D eigenvalue weighted by Gasteiger charge is -2.23. The molecule has 0 saturated carbocycles. The highest BCUT2D eigenvalue weighted by molar-refractivity contribution is 7.99. The summed E-state index contributed by atoms with van der Waals surface area (Å²) in [7, 11) is 2.01. The van der Waals surface area contributed by atoms with E-state index in [0.29, 0.717) is 11.9 Å². The minimum atomic E-state index is 0.627. The van der Waals surface area contributed by atoms with Gasteiger partial charge in [0.25, 0.3) is 0 Å². The summed E-state index contributed by atoms with van der Waals surface area (Å²) >= 11 is 1.99. The highest BCUT2D eigenvalue weighted by Gasteiger charge is 2.19. The van der Waals surface area contributed by atoms with Gasteiger partial charge in [-0.15, -0.1) is 0 Å². The van der Waals surface area contributed by atoms with Crippen LogP contribution in [0.15, 0.2) is 0 Å². The largest absolute Gasteiger partial charge is 0.360 e. The molecule has 1 fully saturated rings. The third-order valence-corrected chi connectivity index (χ3v) is 3.13. The van der Waals surface area contributed by atoms with Gasteiger partial charge in [-0.3, -0.25) is 5.41 Å². The van der Waals surface area contributed by atoms with Gasteiger partial charge in [-0.05, 0) is 19.1 Å². The number of amidine groups is 1. The molecule has 0 spiro atoms. The Morgan fingerprint density at radius 1 is 1.70 bits per heavy atom. The normalized spacial score (nSPS) is 24.8. The minimum Gasteiger partial charge on any atom is -0.360 e. The molecule has 1 unspecified atom stereocenters. The lowest BCUT2D eigenvalue weighted by Crippen LogP contribution is -2.34. The molecule has 0 amide bonds. The second kappa shape index (κ2) is 3.28. The molecule has 1 heterocycles. The van der Waals surface area contributed by atoms with Crippen LogP contribution in [0, 0.1) is 5.41 Å². The molecular formula is C7H14N2S. The second-order valence-corrected chi connectivity index (χ2v) is 3.86. The SMILES string of the molecule is CC(=N)N(C)C1CCSC1. The van der Waals surface area contributed by atoms with E-state index in [1.165, 1.54) is 17.9 Å². The maximum absolute atomic E-state index is 7.38. The molecule has 1 aliphatic rings. The van der Waals surface area contributed by atoms with Gasteiger partial charge in [0.05, 0.1) is 5.84 Å². The zero-order valence-electron chi connectivity index (χ0n) is 6.55. The van der Waals surface area contributed by atoms with E-state index in [-0.39, 0.29) is 0 Å². The van der Waals surface area contributed by atoms with Crippen LogP contribution in [-0.2, 0) is 0 Å². The molecule has 10 heavy (non-hydrogen) atoms. The monoisotopic (exact) mass is 158 g/mol. The maximum Gasteiger partial charge on any atom is 0.0926 e. The van der Waals surface area contributed by atoms with Gasteiger partial charge in [-0.1, -0.05) is 0 Å². The standard InChI is InChI=1S/C7H14N2S/c1-6(8)9(2)7-3-4-10-5-7/h7-8H,3-5H2,1-2H3. The van der Waals surface area contributed by atoms with Gasteiger partial charge in [0.15, 0.2) is 0 Å². The van der Waals surface area contributed by atoms with Crippen LogP contribution in [0.25, 0.3) is 0 Å². The summed E-state index contributed by atoms with van der Waals surface area (Å²) in [6.45, 7) is 1.85. The first-order chi connectivity index (χ1) is 4.72. The summed E-state index contributed by atoms with van der Waals surface area (Å²) in [5.74, 6) is 3.15. The summed E-state index contributed by atoms with van der Waals surface area (Å²) in [6, 6.07) is 0.627. The molecule has 2 nitrogen and oxygen atoms in total. The molecule has 0 aliphatic carbocycles. The fourth-order valence-electron chi connectivity index (χ4n) is 1.10. The van der Waals surface area contributed by atoms with Gasteiger partial charge in [0.2, 0.25) is 0 Å². The van der Waals surface area contributed by atoms with Crippen LogP contribution in [0.5, 0.6) is 0 Å². The highest BCUT2D eigenvalue weighted by atomic mass is 32.2. The van der Waals surface area contributed by atoms with E-state index in [1.807, 2.05) is 25.7 Å². The molecule has 0 aromatic heterocycles. The van der Waals surface area contributed by atoms with Crippen molar-refractivity contribution >= 4 is 17.6 Å². The molecule has 0 aromatic rings. The number of nitrogens with one attached hydrogen (secondary N) is 1. The zero-order valence-corrected chi connectivity index (χ0v) is 7.37. The quantitative estimate of drug-likeness (QED) is 0.461. The molecule has 0 bridgehead atoms. The molecule has 1 saturated heterocycles. The Morgan fingerprint density at radius 2 is 2.40 bits per heavy atom. The Kier molecular flexibility index (Phi) is 2.60. The van der Waals surface area contributed by atoms with E-state index in [0.717, 1.165) is 0 Å². The van der Waals surface area contributed by atoms with E-state index in [4.69, 9.17) is 5.41 Å². The first-order valence-electron chi connectivity index (χ1n) is 3.57. The fraction of sp³-hybridized carbons (Fsp3) is 0.857. The Balaban J connectivity index is 2.39. The summed E-state index contributed by atoms with van der Waals surface area (Å²) in [6.07, 6.45) is 1.25. The van der Waals surface area contributed by atoms with E-state index in [9.17, 15) is 0 Å². The first kappa shape index (κ1) is 7.92. The third-order valence-electron chi connectivity index (χ3n) is 1.98. The fourth-order valence-corrected chi connectivity index (χ4v) is 2.37. The van der Waals surface area contributed by atoms with Gasteiger partial charge >= 0.3 is 0 Å². The highest BCUT2D eigenvalue weighted by Crippen LogP contribution is 2.21. The summed E-state index contributed by atoms with van der Waals surface area (Å²) in [5, 5.41) is 7.38. The minimum absolute atomic E-state index is 0.627. The second-order valence-electron chi connectivity index (χ2n) is 2.71. The van der Waals surface area contributed by atoms with Crippen molar-refractivity contribution in [2.24, 2.45) is 0 Å². The van der Waals surface area contributed by atoms with E-state index < -0.39 is 0 Å². The number of rotatable bonds is 1. The average Bonchev–Trinajstić information content (AvgIpc) is 2.36. The molecule has 1 N–H and O–H groups in total. The van der Waals surface area contributed by atoms with Crippen LogP contribution in [0.2, 0.25) is 0 Å². The molecule has 58 valence electrons. The lowest BCUT2D eigenvalue weighted by atomic mass is 10.2. The first-order valence-corrected chi connectivity index (χ1v) is 4.73. The van der Waals surface area contributed by atoms with Crippen molar-refractivity contribution in [2.75, 3.05) is 18.6 Å². The van der Waals surface area contributed by atoms with Crippen molar-refractivity contribution in [1.82, 2.24) is 4.90 Å². The Hall–Kier alpha value is -0.180. The van der Waals surface area contributed by atoms with Gasteiger partial charge in [-0.25, -0.2) is 0 Å². The molecule has 0 aromatic carbocycles. The van der Waals surface area contributed by atoms with Crippen molar-refractivity contribution in [1.29, 1.82) is 5.41 Å². The third kappa shape index (κ3) is 1.66. The number of hydrogen-bond donors (Lipinski definition) is 1. The molecule has 3 heteroatoms. The van der Waals surface area contributed by atoms with Gasteiger partial charge in [0, 0.05) is 18.8 Å². The lowest BCUT2D eigenvalue weighted by molar-refractivity contribution is 0.393. The number of thioether (sulfide) groups is 1. The van der Waals surface area contributed by atoms with Gasteiger partial charge < -0.3 is 4.90 Å². The predicted molar refractivity (Wildman–Crippen MR) is 46.9 cm³/mol. The Morgan fingerprint density at radius 3 is 2.80 bits per heavy atom. The van der Waals surface area contributed by atoms with Crippen LogP contribution in [0.1, 0.15) is 13.3 Å². The van der Waals surface area contributed by atoms with E-state index >= 15 is 0 Å². The topological polar surface area (TPSA) is 27.1 Å². The Bertz CT molecular complexity index is 130. The van der Waals surface area contributed by atoms with Crippen LogP contribution < -0.4 is 0 Å². The zero-order chi connectivity index (χ0) is 7.56. The molecule has 1 aliphatic heterocycles. The van der Waals surface area contributed by atoms with Crippen LogP contribution in [0.4, 0.5) is 0 Å². The van der Waals surface area contributed by atoms with Gasteiger partial charge in [-0.2, -0.15) is 11.8 Å². The van der Waals surface area contributed by atoms with Crippen molar-refractivity contribution in [3.8, 4) is 0 Å². The van der Waals surface area contributed by atoms with E-state index in [1.54, 1.807) is 0 Å². The summed E-state index contributed by atoms with van der Waals surface area (Å²) in [5.41, 5.74) is 0. The summed E-state index contributed by atoms with van der Waals surface area (Å²) < 4.78 is 0. The van der Waals surface area contributed by atoms with Crippen LogP contribution in [0.3, 0.4) is 0 Å². The van der Waals surface area contributed by atoms with Crippen LogP contribution >= 0.6 is 11.8 Å². The molecule has 0 radical (unpaired) electrons.